The average molecular weight is 843 g/mol. The SMILES string of the molecule is CC(C)(C)c1cc(-c2nccc3sc4c([Si](C)(C)C)cccc4c23)[c-]c2ccccc12.CCC(C)(C)C(=O)/C=C(\O)C(C)(C)CC.[Ir]. The van der Waals surface area contributed by atoms with Gasteiger partial charge in [0.2, 0.25) is 0 Å². The summed E-state index contributed by atoms with van der Waals surface area (Å²) in [6.45, 7) is 25.8. The molecule has 5 rings (SSSR count). The molecule has 0 saturated carbocycles. The predicted octanol–water partition coefficient (Wildman–Crippen LogP) is 11.8. The van der Waals surface area contributed by atoms with Gasteiger partial charge in [0.05, 0.1) is 8.07 Å². The molecule has 47 heavy (non-hydrogen) atoms. The topological polar surface area (TPSA) is 50.2 Å². The fourth-order valence-electron chi connectivity index (χ4n) is 5.39. The first-order chi connectivity index (χ1) is 21.3. The average Bonchev–Trinajstić information content (AvgIpc) is 3.38. The molecule has 253 valence electrons. The van der Waals surface area contributed by atoms with E-state index in [9.17, 15) is 9.90 Å². The number of thiophene rings is 1. The Bertz CT molecular complexity index is 1920. The van der Waals surface area contributed by atoms with Gasteiger partial charge in [-0.15, -0.1) is 40.5 Å². The zero-order valence-electron chi connectivity index (χ0n) is 30.3. The maximum Gasteiger partial charge on any atom is 0.164 e. The molecule has 3 nitrogen and oxygen atoms in total. The number of hydrogen-bond acceptors (Lipinski definition) is 4. The number of fused-ring (bicyclic) bond motifs is 4. The summed E-state index contributed by atoms with van der Waals surface area (Å²) in [4.78, 5) is 16.7. The van der Waals surface area contributed by atoms with Gasteiger partial charge in [-0.3, -0.25) is 9.78 Å². The molecule has 0 amide bonds. The molecule has 0 unspecified atom stereocenters. The first kappa shape index (κ1) is 38.8. The summed E-state index contributed by atoms with van der Waals surface area (Å²) in [5, 5.41) is 16.4. The summed E-state index contributed by atoms with van der Waals surface area (Å²) in [5.41, 5.74) is 2.84. The van der Waals surface area contributed by atoms with Crippen LogP contribution in [0.3, 0.4) is 0 Å². The molecule has 0 fully saturated rings. The van der Waals surface area contributed by atoms with Gasteiger partial charge < -0.3 is 5.11 Å². The standard InChI is InChI=1S/C28H28NSSi.C13H24O2.Ir/c1-28(2,3)22-17-19(16-18-10-7-8-11-20(18)22)26-25-21-12-9-13-24(31(4,5)6)27(21)30-23(25)14-15-29-26;1-7-12(3,4)10(14)9-11(15)13(5,6)8-2;/h7-15,17H,1-6H3;9,14H,7-8H2,1-6H3;/q-1;;/b;10-9-;. The van der Waals surface area contributed by atoms with Gasteiger partial charge in [0.25, 0.3) is 0 Å². The van der Waals surface area contributed by atoms with Gasteiger partial charge in [0.15, 0.2) is 5.78 Å². The van der Waals surface area contributed by atoms with Gasteiger partial charge in [-0.25, -0.2) is 0 Å². The molecule has 0 saturated heterocycles. The van der Waals surface area contributed by atoms with Crippen molar-refractivity contribution in [3.05, 3.63) is 84.3 Å². The number of pyridine rings is 1. The van der Waals surface area contributed by atoms with Crippen molar-refractivity contribution in [1.82, 2.24) is 4.98 Å². The van der Waals surface area contributed by atoms with Crippen molar-refractivity contribution in [1.29, 1.82) is 0 Å². The van der Waals surface area contributed by atoms with Gasteiger partial charge in [-0.1, -0.05) is 129 Å². The van der Waals surface area contributed by atoms with E-state index in [0.717, 1.165) is 29.5 Å². The molecule has 0 aliphatic rings. The number of aromatic nitrogens is 1. The third-order valence-corrected chi connectivity index (χ3v) is 12.9. The van der Waals surface area contributed by atoms with Gasteiger partial charge in [0.1, 0.15) is 5.76 Å². The van der Waals surface area contributed by atoms with Crippen LogP contribution in [-0.2, 0) is 30.3 Å². The van der Waals surface area contributed by atoms with E-state index >= 15 is 0 Å². The van der Waals surface area contributed by atoms with E-state index in [4.69, 9.17) is 4.98 Å². The van der Waals surface area contributed by atoms with Crippen molar-refractivity contribution in [2.75, 3.05) is 0 Å². The van der Waals surface area contributed by atoms with E-state index in [2.05, 4.69) is 101 Å². The van der Waals surface area contributed by atoms with E-state index in [0.29, 0.717) is 0 Å². The number of aliphatic hydroxyl groups excluding tert-OH is 1. The zero-order chi connectivity index (χ0) is 34.2. The first-order valence-electron chi connectivity index (χ1n) is 16.5. The van der Waals surface area contributed by atoms with Gasteiger partial charge >= 0.3 is 0 Å². The van der Waals surface area contributed by atoms with Crippen LogP contribution in [0.4, 0.5) is 0 Å². The van der Waals surface area contributed by atoms with Crippen molar-refractivity contribution in [2.24, 2.45) is 10.8 Å². The summed E-state index contributed by atoms with van der Waals surface area (Å²) < 4.78 is 2.74. The number of carbonyl (C=O) groups excluding carboxylic acids is 1. The molecule has 6 heteroatoms. The molecular formula is C41H52IrNO2SSi-. The van der Waals surface area contributed by atoms with Crippen LogP contribution in [0.15, 0.2) is 72.6 Å². The quantitative estimate of drug-likeness (QED) is 0.0768. The van der Waals surface area contributed by atoms with E-state index in [1.165, 1.54) is 42.4 Å². The smallest absolute Gasteiger partial charge is 0.164 e. The van der Waals surface area contributed by atoms with E-state index in [1.807, 2.05) is 59.1 Å². The minimum Gasteiger partial charge on any atom is -0.512 e. The number of hydrogen-bond donors (Lipinski definition) is 1. The molecule has 0 aliphatic heterocycles. The van der Waals surface area contributed by atoms with Gasteiger partial charge in [0, 0.05) is 58.3 Å². The summed E-state index contributed by atoms with van der Waals surface area (Å²) in [5.74, 6) is 0.195. The van der Waals surface area contributed by atoms with Crippen molar-refractivity contribution in [2.45, 2.75) is 100 Å². The molecule has 0 bridgehead atoms. The molecular weight excluding hydrogens is 791 g/mol. The number of carbonyl (C=O) groups is 1. The maximum absolute atomic E-state index is 11.8. The molecule has 0 spiro atoms. The third kappa shape index (κ3) is 8.33. The van der Waals surface area contributed by atoms with Crippen LogP contribution in [0.5, 0.6) is 0 Å². The summed E-state index contributed by atoms with van der Waals surface area (Å²) in [6.07, 6.45) is 4.95. The molecule has 1 radical (unpaired) electrons. The molecule has 2 aromatic heterocycles. The van der Waals surface area contributed by atoms with Crippen LogP contribution in [0.25, 0.3) is 42.2 Å². The van der Waals surface area contributed by atoms with Crippen LogP contribution in [0, 0.1) is 16.9 Å². The number of aliphatic hydroxyl groups is 1. The number of nitrogens with zero attached hydrogens (tertiary/aromatic N) is 1. The summed E-state index contributed by atoms with van der Waals surface area (Å²) >= 11 is 1.92. The Morgan fingerprint density at radius 2 is 1.51 bits per heavy atom. The van der Waals surface area contributed by atoms with Crippen LogP contribution < -0.4 is 5.19 Å². The monoisotopic (exact) mass is 843 g/mol. The Balaban J connectivity index is 0.000000322. The third-order valence-electron chi connectivity index (χ3n) is 9.45. The van der Waals surface area contributed by atoms with Crippen molar-refractivity contribution >= 4 is 61.3 Å². The largest absolute Gasteiger partial charge is 0.512 e. The van der Waals surface area contributed by atoms with E-state index in [1.54, 1.807) is 0 Å². The number of ketones is 1. The molecule has 0 atom stereocenters. The fraction of sp³-hybridized carbons (Fsp3) is 0.415. The van der Waals surface area contributed by atoms with Crippen molar-refractivity contribution < 1.29 is 30.0 Å². The van der Waals surface area contributed by atoms with Crippen LogP contribution in [0.2, 0.25) is 19.6 Å². The van der Waals surface area contributed by atoms with E-state index < -0.39 is 8.07 Å². The molecule has 2 heterocycles. The van der Waals surface area contributed by atoms with Crippen LogP contribution >= 0.6 is 11.3 Å². The Hall–Kier alpha value is -2.63. The van der Waals surface area contributed by atoms with E-state index in [-0.39, 0.29) is 47.9 Å². The number of benzene rings is 3. The van der Waals surface area contributed by atoms with Crippen LogP contribution in [0.1, 0.15) is 80.7 Å². The van der Waals surface area contributed by atoms with Gasteiger partial charge in [-0.2, -0.15) is 0 Å². The normalized spacial score (nSPS) is 13.0. The number of allylic oxidation sites excluding steroid dienone is 2. The molecule has 5 aromatic rings. The second-order valence-corrected chi connectivity index (χ2v) is 21.9. The van der Waals surface area contributed by atoms with Gasteiger partial charge in [-0.05, 0) is 40.3 Å². The van der Waals surface area contributed by atoms with Crippen LogP contribution in [-0.4, -0.2) is 23.9 Å². The zero-order valence-corrected chi connectivity index (χ0v) is 34.5. The predicted molar refractivity (Wildman–Crippen MR) is 204 cm³/mol. The summed E-state index contributed by atoms with van der Waals surface area (Å²) in [6, 6.07) is 23.6. The second-order valence-electron chi connectivity index (χ2n) is 15.8. The van der Waals surface area contributed by atoms with Crippen molar-refractivity contribution in [3.63, 3.8) is 0 Å². The fourth-order valence-corrected chi connectivity index (χ4v) is 8.99. The minimum atomic E-state index is -1.45. The minimum absolute atomic E-state index is 0. The first-order valence-corrected chi connectivity index (χ1v) is 20.9. The molecule has 1 N–H and O–H groups in total. The second kappa shape index (κ2) is 14.5. The Morgan fingerprint density at radius 3 is 2.11 bits per heavy atom. The molecule has 0 aliphatic carbocycles. The Kier molecular flexibility index (Phi) is 11.9. The molecule has 3 aromatic carbocycles. The van der Waals surface area contributed by atoms with Crippen molar-refractivity contribution in [3.8, 4) is 11.3 Å². The Morgan fingerprint density at radius 1 is 0.894 bits per heavy atom. The number of rotatable bonds is 7. The maximum atomic E-state index is 11.8. The summed E-state index contributed by atoms with van der Waals surface area (Å²) in [7, 11) is -1.45. The Labute approximate surface area is 301 Å².